The number of piperidine rings is 1. The van der Waals surface area contributed by atoms with Gasteiger partial charge in [0.1, 0.15) is 5.69 Å². The van der Waals surface area contributed by atoms with Gasteiger partial charge in [0.2, 0.25) is 5.91 Å². The summed E-state index contributed by atoms with van der Waals surface area (Å²) >= 11 is 6.05. The highest BCUT2D eigenvalue weighted by atomic mass is 35.5. The number of amides is 3. The Morgan fingerprint density at radius 1 is 0.912 bits per heavy atom. The van der Waals surface area contributed by atoms with Crippen LogP contribution >= 0.6 is 11.6 Å². The molecule has 176 valence electrons. The molecule has 1 aliphatic heterocycles. The van der Waals surface area contributed by atoms with Gasteiger partial charge in [-0.3, -0.25) is 14.4 Å². The van der Waals surface area contributed by atoms with E-state index >= 15 is 0 Å². The third-order valence-corrected chi connectivity index (χ3v) is 6.98. The van der Waals surface area contributed by atoms with E-state index in [1.165, 1.54) is 0 Å². The minimum Gasteiger partial charge on any atom is -0.351 e. The molecule has 34 heavy (non-hydrogen) atoms. The highest BCUT2D eigenvalue weighted by molar-refractivity contribution is 6.31. The summed E-state index contributed by atoms with van der Waals surface area (Å²) in [5.74, 6) is -0.247. The molecule has 2 unspecified atom stereocenters. The molecule has 3 amide bonds. The van der Waals surface area contributed by atoms with Crippen LogP contribution in [0.5, 0.6) is 0 Å². The SMILES string of the molecule is O=C(NC1CCCC1NC(=O)c1cc2cc(Cl)ccc2[nH]1)c1ccc(N2CCCCC2=O)cc1. The summed E-state index contributed by atoms with van der Waals surface area (Å²) in [5.41, 5.74) is 2.68. The largest absolute Gasteiger partial charge is 0.351 e. The molecule has 3 aromatic rings. The molecular weight excluding hydrogens is 452 g/mol. The summed E-state index contributed by atoms with van der Waals surface area (Å²) in [6.45, 7) is 0.719. The molecule has 2 heterocycles. The van der Waals surface area contributed by atoms with E-state index in [1.807, 2.05) is 24.3 Å². The molecule has 2 aliphatic rings. The molecule has 8 heteroatoms. The number of aromatic amines is 1. The van der Waals surface area contributed by atoms with Gasteiger partial charge in [-0.2, -0.15) is 0 Å². The van der Waals surface area contributed by atoms with Crippen molar-refractivity contribution in [1.82, 2.24) is 15.6 Å². The third-order valence-electron chi connectivity index (χ3n) is 6.74. The molecular formula is C26H27ClN4O3. The first-order valence-electron chi connectivity index (χ1n) is 11.8. The number of nitrogens with one attached hydrogen (secondary N) is 3. The molecule has 2 fully saturated rings. The zero-order chi connectivity index (χ0) is 23.7. The van der Waals surface area contributed by atoms with E-state index in [2.05, 4.69) is 15.6 Å². The van der Waals surface area contributed by atoms with E-state index < -0.39 is 0 Å². The van der Waals surface area contributed by atoms with Crippen LogP contribution in [0.15, 0.2) is 48.5 Å². The van der Waals surface area contributed by atoms with Gasteiger partial charge in [0.15, 0.2) is 0 Å². The maximum absolute atomic E-state index is 12.9. The highest BCUT2D eigenvalue weighted by Crippen LogP contribution is 2.24. The molecule has 1 saturated heterocycles. The summed E-state index contributed by atoms with van der Waals surface area (Å²) in [5, 5.41) is 7.65. The predicted molar refractivity (Wildman–Crippen MR) is 132 cm³/mol. The van der Waals surface area contributed by atoms with Crippen molar-refractivity contribution in [2.45, 2.75) is 50.6 Å². The van der Waals surface area contributed by atoms with E-state index in [4.69, 9.17) is 11.6 Å². The van der Waals surface area contributed by atoms with Crippen molar-refractivity contribution < 1.29 is 14.4 Å². The Balaban J connectivity index is 1.22. The number of rotatable bonds is 5. The maximum Gasteiger partial charge on any atom is 0.268 e. The molecule has 3 N–H and O–H groups in total. The summed E-state index contributed by atoms with van der Waals surface area (Å²) in [7, 11) is 0. The van der Waals surface area contributed by atoms with Gasteiger partial charge in [0.05, 0.1) is 0 Å². The van der Waals surface area contributed by atoms with Crippen LogP contribution in [-0.4, -0.2) is 41.3 Å². The zero-order valence-electron chi connectivity index (χ0n) is 18.8. The smallest absolute Gasteiger partial charge is 0.268 e. The quantitative estimate of drug-likeness (QED) is 0.506. The van der Waals surface area contributed by atoms with Gasteiger partial charge >= 0.3 is 0 Å². The Hall–Kier alpha value is -3.32. The van der Waals surface area contributed by atoms with Crippen LogP contribution in [0.3, 0.4) is 0 Å². The van der Waals surface area contributed by atoms with Crippen molar-refractivity contribution in [2.75, 3.05) is 11.4 Å². The number of halogens is 1. The van der Waals surface area contributed by atoms with Crippen LogP contribution in [0, 0.1) is 0 Å². The lowest BCUT2D eigenvalue weighted by Gasteiger charge is -2.27. The Kier molecular flexibility index (Phi) is 6.28. The molecule has 0 radical (unpaired) electrons. The van der Waals surface area contributed by atoms with Crippen molar-refractivity contribution in [3.05, 3.63) is 64.8 Å². The number of carbonyl (C=O) groups is 3. The molecule has 2 aromatic carbocycles. The van der Waals surface area contributed by atoms with Crippen molar-refractivity contribution in [3.63, 3.8) is 0 Å². The Labute approximate surface area is 202 Å². The fourth-order valence-electron chi connectivity index (χ4n) is 4.90. The average molecular weight is 479 g/mol. The van der Waals surface area contributed by atoms with Gasteiger partial charge in [-0.1, -0.05) is 11.6 Å². The van der Waals surface area contributed by atoms with E-state index in [-0.39, 0.29) is 29.8 Å². The Bertz CT molecular complexity index is 1240. The number of H-pyrrole nitrogens is 1. The molecule has 1 aliphatic carbocycles. The highest BCUT2D eigenvalue weighted by Gasteiger charge is 2.31. The summed E-state index contributed by atoms with van der Waals surface area (Å²) in [6, 6.07) is 14.1. The van der Waals surface area contributed by atoms with Crippen LogP contribution < -0.4 is 15.5 Å². The van der Waals surface area contributed by atoms with Crippen molar-refractivity contribution >= 4 is 45.9 Å². The van der Waals surface area contributed by atoms with E-state index in [0.717, 1.165) is 55.2 Å². The number of carbonyl (C=O) groups excluding carboxylic acids is 3. The second-order valence-electron chi connectivity index (χ2n) is 9.05. The zero-order valence-corrected chi connectivity index (χ0v) is 19.5. The number of hydrogen-bond acceptors (Lipinski definition) is 3. The van der Waals surface area contributed by atoms with Crippen LogP contribution in [-0.2, 0) is 4.79 Å². The third kappa shape index (κ3) is 4.66. The number of benzene rings is 2. The normalized spacial score (nSPS) is 20.5. The lowest BCUT2D eigenvalue weighted by Crippen LogP contribution is -2.48. The second-order valence-corrected chi connectivity index (χ2v) is 9.49. The lowest BCUT2D eigenvalue weighted by molar-refractivity contribution is -0.119. The minimum absolute atomic E-state index is 0.131. The molecule has 0 spiro atoms. The lowest BCUT2D eigenvalue weighted by atomic mass is 10.1. The van der Waals surface area contributed by atoms with Crippen molar-refractivity contribution in [1.29, 1.82) is 0 Å². The van der Waals surface area contributed by atoms with Crippen LogP contribution in [0.25, 0.3) is 10.9 Å². The first-order valence-corrected chi connectivity index (χ1v) is 12.2. The van der Waals surface area contributed by atoms with Gasteiger partial charge in [-0.25, -0.2) is 0 Å². The van der Waals surface area contributed by atoms with Gasteiger partial charge in [0.25, 0.3) is 11.8 Å². The molecule has 1 saturated carbocycles. The molecule has 0 bridgehead atoms. The fourth-order valence-corrected chi connectivity index (χ4v) is 5.08. The van der Waals surface area contributed by atoms with E-state index in [1.54, 1.807) is 29.2 Å². The first kappa shape index (κ1) is 22.5. The van der Waals surface area contributed by atoms with Crippen LogP contribution in [0.2, 0.25) is 5.02 Å². The Morgan fingerprint density at radius 3 is 2.38 bits per heavy atom. The van der Waals surface area contributed by atoms with Gasteiger partial charge < -0.3 is 20.5 Å². The molecule has 7 nitrogen and oxygen atoms in total. The van der Waals surface area contributed by atoms with E-state index in [0.29, 0.717) is 22.7 Å². The van der Waals surface area contributed by atoms with E-state index in [9.17, 15) is 14.4 Å². The van der Waals surface area contributed by atoms with Crippen molar-refractivity contribution in [3.8, 4) is 0 Å². The summed E-state index contributed by atoms with van der Waals surface area (Å²) in [4.78, 5) is 42.8. The van der Waals surface area contributed by atoms with Crippen LogP contribution in [0.1, 0.15) is 59.4 Å². The standard InChI is InChI=1S/C26H27ClN4O3/c27-18-9-12-20-17(14-18)15-23(28-20)26(34)30-22-5-3-4-21(22)29-25(33)16-7-10-19(11-8-16)31-13-2-1-6-24(31)32/h7-12,14-15,21-22,28H,1-6,13H2,(H,29,33)(H,30,34). The predicted octanol–water partition coefficient (Wildman–Crippen LogP) is 4.42. The Morgan fingerprint density at radius 2 is 1.65 bits per heavy atom. The molecule has 5 rings (SSSR count). The first-order chi connectivity index (χ1) is 16.5. The van der Waals surface area contributed by atoms with Crippen LogP contribution in [0.4, 0.5) is 5.69 Å². The number of anilines is 1. The number of fused-ring (bicyclic) bond motifs is 1. The summed E-state index contributed by atoms with van der Waals surface area (Å²) < 4.78 is 0. The topological polar surface area (TPSA) is 94.3 Å². The minimum atomic E-state index is -0.200. The second kappa shape index (κ2) is 9.50. The monoisotopic (exact) mass is 478 g/mol. The van der Waals surface area contributed by atoms with Gasteiger partial charge in [-0.15, -0.1) is 0 Å². The van der Waals surface area contributed by atoms with Gasteiger partial charge in [0, 0.05) is 52.2 Å². The molecule has 1 aromatic heterocycles. The number of nitrogens with zero attached hydrogens (tertiary/aromatic N) is 1. The molecule has 2 atom stereocenters. The summed E-state index contributed by atoms with van der Waals surface area (Å²) in [6.07, 6.45) is 5.04. The number of hydrogen-bond donors (Lipinski definition) is 3. The number of aromatic nitrogens is 1. The van der Waals surface area contributed by atoms with Crippen molar-refractivity contribution in [2.24, 2.45) is 0 Å². The fraction of sp³-hybridized carbons (Fsp3) is 0.346. The average Bonchev–Trinajstić information content (AvgIpc) is 3.46. The maximum atomic E-state index is 12.9. The van der Waals surface area contributed by atoms with Gasteiger partial charge in [-0.05, 0) is 80.6 Å².